The van der Waals surface area contributed by atoms with Crippen LogP contribution in [0.25, 0.3) is 21.9 Å². The maximum Gasteiger partial charge on any atom is 0.137 e. The first-order chi connectivity index (χ1) is 12.7. The Morgan fingerprint density at radius 1 is 0.808 bits per heavy atom. The molecule has 0 saturated heterocycles. The van der Waals surface area contributed by atoms with Crippen molar-refractivity contribution < 1.29 is 2.85 Å². The second kappa shape index (κ2) is 14.7. The van der Waals surface area contributed by atoms with Crippen LogP contribution in [0.5, 0.6) is 0 Å². The van der Waals surface area contributed by atoms with Crippen molar-refractivity contribution in [2.75, 3.05) is 0 Å². The number of hydrogen-bond donors (Lipinski definition) is 2. The SMILES string of the molecule is CC.CC.CC(C)C.[HH].[HH].c1cc2cc[nH]c2cn1.c1cnc2[nH]ccc2c1. The van der Waals surface area contributed by atoms with Crippen molar-refractivity contribution in [3.05, 3.63) is 61.3 Å². The molecule has 26 heavy (non-hydrogen) atoms. The quantitative estimate of drug-likeness (QED) is 0.345. The van der Waals surface area contributed by atoms with Gasteiger partial charge in [-0.05, 0) is 36.2 Å². The summed E-state index contributed by atoms with van der Waals surface area (Å²) in [5, 5.41) is 2.38. The summed E-state index contributed by atoms with van der Waals surface area (Å²) in [7, 11) is 0. The fourth-order valence-corrected chi connectivity index (χ4v) is 1.78. The molecule has 0 aliphatic heterocycles. The van der Waals surface area contributed by atoms with Crippen LogP contribution < -0.4 is 0 Å². The number of pyridine rings is 2. The molecule has 0 unspecified atom stereocenters. The van der Waals surface area contributed by atoms with E-state index in [1.807, 2.05) is 76.6 Å². The number of nitrogens with one attached hydrogen (secondary N) is 2. The van der Waals surface area contributed by atoms with E-state index in [4.69, 9.17) is 0 Å². The second-order valence-electron chi connectivity index (χ2n) is 5.59. The Morgan fingerprint density at radius 2 is 1.42 bits per heavy atom. The largest absolute Gasteiger partial charge is 0.360 e. The van der Waals surface area contributed by atoms with Crippen LogP contribution in [0.4, 0.5) is 0 Å². The third-order valence-corrected chi connectivity index (χ3v) is 2.68. The zero-order chi connectivity index (χ0) is 19.8. The molecule has 0 atom stereocenters. The van der Waals surface area contributed by atoms with E-state index < -0.39 is 0 Å². The Morgan fingerprint density at radius 3 is 2.04 bits per heavy atom. The van der Waals surface area contributed by atoms with Crippen LogP contribution in [-0.4, -0.2) is 19.9 Å². The molecule has 0 aliphatic rings. The minimum Gasteiger partial charge on any atom is -0.360 e. The summed E-state index contributed by atoms with van der Waals surface area (Å²) in [6.07, 6.45) is 9.17. The summed E-state index contributed by atoms with van der Waals surface area (Å²) in [4.78, 5) is 14.1. The number of nitrogens with zero attached hydrogens (tertiary/aromatic N) is 2. The maximum absolute atomic E-state index is 4.09. The fraction of sp³-hybridized carbons (Fsp3) is 0.364. The third-order valence-electron chi connectivity index (χ3n) is 2.68. The molecule has 0 aromatic carbocycles. The number of hydrogen-bond acceptors (Lipinski definition) is 2. The van der Waals surface area contributed by atoms with Gasteiger partial charge < -0.3 is 9.97 Å². The highest BCUT2D eigenvalue weighted by molar-refractivity contribution is 5.77. The maximum atomic E-state index is 4.09. The lowest BCUT2D eigenvalue weighted by Crippen LogP contribution is -1.70. The molecular weight excluding hydrogens is 320 g/mol. The number of H-pyrrole nitrogens is 2. The Balaban J connectivity index is -0.000000314. The molecule has 2 N–H and O–H groups in total. The molecule has 0 saturated carbocycles. The monoisotopic (exact) mass is 358 g/mol. The first-order valence-corrected chi connectivity index (χ1v) is 9.42. The van der Waals surface area contributed by atoms with Crippen molar-refractivity contribution in [3.8, 4) is 0 Å². The predicted octanol–water partition coefficient (Wildman–Crippen LogP) is 7.33. The van der Waals surface area contributed by atoms with Gasteiger partial charge in [-0.15, -0.1) is 0 Å². The van der Waals surface area contributed by atoms with Crippen molar-refractivity contribution in [2.24, 2.45) is 5.92 Å². The summed E-state index contributed by atoms with van der Waals surface area (Å²) < 4.78 is 0. The summed E-state index contributed by atoms with van der Waals surface area (Å²) in [5.41, 5.74) is 2.05. The summed E-state index contributed by atoms with van der Waals surface area (Å²) in [5.74, 6) is 0.833. The van der Waals surface area contributed by atoms with E-state index in [1.54, 1.807) is 12.4 Å². The lowest BCUT2D eigenvalue weighted by Gasteiger charge is -1.82. The first kappa shape index (κ1) is 23.4. The highest BCUT2D eigenvalue weighted by Gasteiger charge is 1.88. The molecule has 0 aliphatic carbocycles. The van der Waals surface area contributed by atoms with E-state index in [2.05, 4.69) is 40.7 Å². The van der Waals surface area contributed by atoms with Crippen molar-refractivity contribution in [1.82, 2.24) is 19.9 Å². The second-order valence-corrected chi connectivity index (χ2v) is 5.59. The van der Waals surface area contributed by atoms with Gasteiger partial charge >= 0.3 is 0 Å². The van der Waals surface area contributed by atoms with Crippen molar-refractivity contribution in [2.45, 2.75) is 48.5 Å². The van der Waals surface area contributed by atoms with E-state index >= 15 is 0 Å². The molecular formula is C22H38N4. The number of aromatic amines is 2. The molecule has 146 valence electrons. The van der Waals surface area contributed by atoms with Crippen LogP contribution in [0.2, 0.25) is 0 Å². The van der Waals surface area contributed by atoms with Gasteiger partial charge in [0.25, 0.3) is 0 Å². The van der Waals surface area contributed by atoms with Gasteiger partial charge in [-0.1, -0.05) is 48.5 Å². The topological polar surface area (TPSA) is 57.4 Å². The van der Waals surface area contributed by atoms with Gasteiger partial charge in [0.1, 0.15) is 5.65 Å². The number of aromatic nitrogens is 4. The molecule has 0 radical (unpaired) electrons. The smallest absolute Gasteiger partial charge is 0.137 e. The Bertz CT molecular complexity index is 681. The highest BCUT2D eigenvalue weighted by atomic mass is 14.8. The first-order valence-electron chi connectivity index (χ1n) is 9.42. The van der Waals surface area contributed by atoms with Crippen LogP contribution in [0, 0.1) is 5.92 Å². The van der Waals surface area contributed by atoms with Gasteiger partial charge in [0.15, 0.2) is 0 Å². The zero-order valence-corrected chi connectivity index (χ0v) is 17.2. The summed E-state index contributed by atoms with van der Waals surface area (Å²) in [6.45, 7) is 14.5. The highest BCUT2D eigenvalue weighted by Crippen LogP contribution is 2.07. The molecule has 0 bridgehead atoms. The molecule has 4 aromatic rings. The summed E-state index contributed by atoms with van der Waals surface area (Å²) >= 11 is 0. The Hall–Kier alpha value is -2.62. The minimum absolute atomic E-state index is 0. The lowest BCUT2D eigenvalue weighted by atomic mass is 10.3. The fourth-order valence-electron chi connectivity index (χ4n) is 1.78. The number of fused-ring (bicyclic) bond motifs is 2. The van der Waals surface area contributed by atoms with Gasteiger partial charge in [-0.25, -0.2) is 4.98 Å². The van der Waals surface area contributed by atoms with Crippen molar-refractivity contribution in [1.29, 1.82) is 0 Å². The van der Waals surface area contributed by atoms with Gasteiger partial charge in [0.2, 0.25) is 0 Å². The van der Waals surface area contributed by atoms with E-state index in [0.717, 1.165) is 22.5 Å². The molecule has 0 spiro atoms. The average molecular weight is 359 g/mol. The molecule has 4 heterocycles. The average Bonchev–Trinajstić information content (AvgIpc) is 3.34. The Kier molecular flexibility index (Phi) is 13.2. The lowest BCUT2D eigenvalue weighted by molar-refractivity contribution is 0.737. The van der Waals surface area contributed by atoms with Crippen LogP contribution in [0.3, 0.4) is 0 Å². The van der Waals surface area contributed by atoms with E-state index in [1.165, 1.54) is 5.39 Å². The van der Waals surface area contributed by atoms with Gasteiger partial charge in [0, 0.05) is 38.4 Å². The van der Waals surface area contributed by atoms with Crippen molar-refractivity contribution in [3.63, 3.8) is 0 Å². The minimum atomic E-state index is 0. The molecule has 4 heteroatoms. The molecule has 0 amide bonds. The van der Waals surface area contributed by atoms with Crippen LogP contribution >= 0.6 is 0 Å². The molecule has 4 rings (SSSR count). The zero-order valence-electron chi connectivity index (χ0n) is 17.2. The normalized spacial score (nSPS) is 8.92. The van der Waals surface area contributed by atoms with Crippen LogP contribution in [-0.2, 0) is 0 Å². The van der Waals surface area contributed by atoms with E-state index in [0.29, 0.717) is 0 Å². The van der Waals surface area contributed by atoms with E-state index in [9.17, 15) is 0 Å². The standard InChI is InChI=1S/2C7H6N2.C4H10.2C2H6.2H2/c1-3-8-5-7-6(1)2-4-9-7;1-2-6-3-5-9-7(6)8-4-1;1-4(2)3;2*1-2;;/h1-5,9H;1-5H,(H,8,9);4H,1-3H3;2*1-2H3;2*1H. The van der Waals surface area contributed by atoms with E-state index in [-0.39, 0.29) is 2.85 Å². The Labute approximate surface area is 161 Å². The molecule has 4 aromatic heterocycles. The summed E-state index contributed by atoms with van der Waals surface area (Å²) in [6, 6.07) is 9.96. The van der Waals surface area contributed by atoms with Gasteiger partial charge in [-0.2, -0.15) is 0 Å². The van der Waals surface area contributed by atoms with Crippen LogP contribution in [0.1, 0.15) is 51.3 Å². The van der Waals surface area contributed by atoms with Gasteiger partial charge in [0.05, 0.1) is 11.7 Å². The predicted molar refractivity (Wildman–Crippen MR) is 120 cm³/mol. The number of rotatable bonds is 0. The molecule has 4 nitrogen and oxygen atoms in total. The third kappa shape index (κ3) is 9.02. The molecule has 0 fully saturated rings. The van der Waals surface area contributed by atoms with Crippen LogP contribution in [0.15, 0.2) is 61.3 Å². The van der Waals surface area contributed by atoms with Gasteiger partial charge in [-0.3, -0.25) is 4.98 Å². The van der Waals surface area contributed by atoms with Crippen molar-refractivity contribution >= 4 is 21.9 Å².